The fourth-order valence-corrected chi connectivity index (χ4v) is 10.2. The molecule has 0 aliphatic carbocycles. The van der Waals surface area contributed by atoms with E-state index >= 15 is 0 Å². The van der Waals surface area contributed by atoms with E-state index in [0.29, 0.717) is 17.4 Å². The number of phosphoric acid groups is 1. The lowest BCUT2D eigenvalue weighted by atomic mass is 10.0. The van der Waals surface area contributed by atoms with Crippen molar-refractivity contribution in [3.8, 4) is 0 Å². The van der Waals surface area contributed by atoms with Crippen LogP contribution in [-0.2, 0) is 18.4 Å². The summed E-state index contributed by atoms with van der Waals surface area (Å²) in [6.45, 7) is 4.81. The third kappa shape index (κ3) is 54.8. The summed E-state index contributed by atoms with van der Waals surface area (Å²) < 4.78 is 23.6. The highest BCUT2D eigenvalue weighted by Crippen LogP contribution is 2.43. The van der Waals surface area contributed by atoms with Crippen LogP contribution < -0.4 is 5.32 Å². The summed E-state index contributed by atoms with van der Waals surface area (Å²) in [6, 6.07) is -0.839. The zero-order valence-corrected chi connectivity index (χ0v) is 48.0. The number of amides is 1. The first-order chi connectivity index (χ1) is 33.5. The van der Waals surface area contributed by atoms with Gasteiger partial charge in [0, 0.05) is 6.42 Å². The zero-order valence-electron chi connectivity index (χ0n) is 47.1. The standard InChI is InChI=1S/C60H121N2O6P/c1-6-8-10-12-14-16-17-18-19-20-21-22-23-24-25-26-27-28-29-30-31-32-33-34-35-36-37-38-39-40-41-42-43-44-45-46-48-50-52-54-60(64)61-58(57-68-69(65,66)67-56-55-62(3,4)5)59(63)53-51-49-47-15-13-11-9-7-2/h51,53,58-59,63H,6-50,52,54-57H2,1-5H3,(H-,61,64,65,66)/p+1/b53-51+. The molecule has 412 valence electrons. The molecule has 3 N–H and O–H groups in total. The van der Waals surface area contributed by atoms with E-state index in [-0.39, 0.29) is 19.1 Å². The Kier molecular flexibility index (Phi) is 51.5. The third-order valence-corrected chi connectivity index (χ3v) is 15.2. The molecule has 0 rings (SSSR count). The van der Waals surface area contributed by atoms with Gasteiger partial charge in [-0.05, 0) is 19.3 Å². The number of likely N-dealkylation sites (N-methyl/N-ethyl adjacent to an activating group) is 1. The fourth-order valence-electron chi connectivity index (χ4n) is 9.46. The average molecular weight is 999 g/mol. The van der Waals surface area contributed by atoms with Gasteiger partial charge in [0.05, 0.1) is 39.9 Å². The average Bonchev–Trinajstić information content (AvgIpc) is 3.31. The van der Waals surface area contributed by atoms with Crippen LogP contribution >= 0.6 is 7.82 Å². The summed E-state index contributed by atoms with van der Waals surface area (Å²) in [6.07, 6.45) is 65.3. The second-order valence-corrected chi connectivity index (χ2v) is 23.9. The minimum absolute atomic E-state index is 0.0643. The van der Waals surface area contributed by atoms with Crippen LogP contribution in [0.25, 0.3) is 0 Å². The van der Waals surface area contributed by atoms with Crippen molar-refractivity contribution in [3.63, 3.8) is 0 Å². The molecule has 0 bridgehead atoms. The highest BCUT2D eigenvalue weighted by Gasteiger charge is 2.27. The van der Waals surface area contributed by atoms with Crippen LogP contribution in [0.5, 0.6) is 0 Å². The number of quaternary nitrogens is 1. The first-order valence-corrected chi connectivity index (χ1v) is 32.1. The van der Waals surface area contributed by atoms with Gasteiger partial charge in [-0.1, -0.05) is 302 Å². The number of hydrogen-bond acceptors (Lipinski definition) is 5. The SMILES string of the molecule is CCCCCCCC/C=C/C(O)C(COP(=O)(O)OCC[N+](C)(C)C)NC(=O)CCCCCCCCCCCCCCCCCCCCCCCCCCCCCCCCCCCCCCCCC. The maximum absolute atomic E-state index is 12.9. The molecule has 0 fully saturated rings. The minimum atomic E-state index is -4.33. The number of unbranched alkanes of at least 4 members (excludes halogenated alkanes) is 44. The number of nitrogens with one attached hydrogen (secondary N) is 1. The topological polar surface area (TPSA) is 105 Å². The minimum Gasteiger partial charge on any atom is -0.387 e. The molecule has 8 nitrogen and oxygen atoms in total. The molecule has 0 aromatic rings. The number of rotatable bonds is 57. The van der Waals surface area contributed by atoms with Crippen LogP contribution in [0, 0.1) is 0 Å². The summed E-state index contributed by atoms with van der Waals surface area (Å²) >= 11 is 0. The predicted octanol–water partition coefficient (Wildman–Crippen LogP) is 18.6. The van der Waals surface area contributed by atoms with Gasteiger partial charge >= 0.3 is 7.82 Å². The van der Waals surface area contributed by atoms with Gasteiger partial charge in [-0.2, -0.15) is 0 Å². The lowest BCUT2D eigenvalue weighted by Gasteiger charge is -2.25. The lowest BCUT2D eigenvalue weighted by molar-refractivity contribution is -0.870. The van der Waals surface area contributed by atoms with Crippen molar-refractivity contribution in [2.45, 2.75) is 328 Å². The quantitative estimate of drug-likeness (QED) is 0.0243. The Morgan fingerprint density at radius 1 is 0.478 bits per heavy atom. The van der Waals surface area contributed by atoms with Crippen molar-refractivity contribution < 1.29 is 32.9 Å². The first-order valence-electron chi connectivity index (χ1n) is 30.6. The molecule has 1 amide bonds. The number of hydrogen-bond donors (Lipinski definition) is 3. The fraction of sp³-hybridized carbons (Fsp3) is 0.950. The van der Waals surface area contributed by atoms with Crippen molar-refractivity contribution >= 4 is 13.7 Å². The normalized spacial score (nSPS) is 13.9. The molecule has 9 heteroatoms. The number of carbonyl (C=O) groups excluding carboxylic acids is 1. The molecule has 0 saturated heterocycles. The molecule has 3 unspecified atom stereocenters. The van der Waals surface area contributed by atoms with Gasteiger partial charge in [0.1, 0.15) is 13.2 Å². The Balaban J connectivity index is 3.71. The Hall–Kier alpha value is -0.760. The molecule has 0 aromatic heterocycles. The predicted molar refractivity (Wildman–Crippen MR) is 300 cm³/mol. The van der Waals surface area contributed by atoms with Crippen LogP contribution in [0.1, 0.15) is 316 Å². The second-order valence-electron chi connectivity index (χ2n) is 22.4. The third-order valence-electron chi connectivity index (χ3n) is 14.3. The van der Waals surface area contributed by atoms with E-state index in [1.807, 2.05) is 27.2 Å². The Morgan fingerprint density at radius 3 is 1.07 bits per heavy atom. The molecule has 69 heavy (non-hydrogen) atoms. The van der Waals surface area contributed by atoms with Crippen molar-refractivity contribution in [1.82, 2.24) is 5.32 Å². The van der Waals surface area contributed by atoms with Crippen LogP contribution in [-0.4, -0.2) is 73.4 Å². The molecular formula is C60H122N2O6P+. The molecule has 0 saturated carbocycles. The summed E-state index contributed by atoms with van der Waals surface area (Å²) in [5.74, 6) is -0.174. The summed E-state index contributed by atoms with van der Waals surface area (Å²) in [7, 11) is 1.58. The highest BCUT2D eigenvalue weighted by atomic mass is 31.2. The van der Waals surface area contributed by atoms with E-state index in [0.717, 1.165) is 38.5 Å². The maximum Gasteiger partial charge on any atom is 0.472 e. The molecule has 0 aromatic carbocycles. The summed E-state index contributed by atoms with van der Waals surface area (Å²) in [5.41, 5.74) is 0. The number of phosphoric ester groups is 1. The van der Waals surface area contributed by atoms with Crippen molar-refractivity contribution in [2.24, 2.45) is 0 Å². The highest BCUT2D eigenvalue weighted by molar-refractivity contribution is 7.47. The van der Waals surface area contributed by atoms with Gasteiger partial charge in [-0.3, -0.25) is 13.8 Å². The number of allylic oxidation sites excluding steroid dienone is 1. The Bertz CT molecular complexity index is 1130. The molecule has 0 heterocycles. The number of carbonyl (C=O) groups is 1. The van der Waals surface area contributed by atoms with Gasteiger partial charge < -0.3 is 19.8 Å². The van der Waals surface area contributed by atoms with Gasteiger partial charge in [0.2, 0.25) is 5.91 Å². The monoisotopic (exact) mass is 998 g/mol. The molecule has 0 aliphatic heterocycles. The van der Waals surface area contributed by atoms with Crippen molar-refractivity contribution in [3.05, 3.63) is 12.2 Å². The van der Waals surface area contributed by atoms with Crippen LogP contribution in [0.4, 0.5) is 0 Å². The largest absolute Gasteiger partial charge is 0.472 e. The smallest absolute Gasteiger partial charge is 0.387 e. The van der Waals surface area contributed by atoms with Crippen LogP contribution in [0.15, 0.2) is 12.2 Å². The van der Waals surface area contributed by atoms with Gasteiger partial charge in [0.25, 0.3) is 0 Å². The first kappa shape index (κ1) is 68.2. The summed E-state index contributed by atoms with van der Waals surface area (Å²) in [4.78, 5) is 23.1. The van der Waals surface area contributed by atoms with Gasteiger partial charge in [0.15, 0.2) is 0 Å². The Labute approximate surface area is 431 Å². The van der Waals surface area contributed by atoms with E-state index in [4.69, 9.17) is 9.05 Å². The van der Waals surface area contributed by atoms with E-state index < -0.39 is 20.0 Å². The number of aliphatic hydroxyl groups excluding tert-OH is 1. The molecule has 0 spiro atoms. The van der Waals surface area contributed by atoms with E-state index in [2.05, 4.69) is 19.2 Å². The van der Waals surface area contributed by atoms with Crippen LogP contribution in [0.2, 0.25) is 0 Å². The second kappa shape index (κ2) is 52.1. The number of aliphatic hydroxyl groups is 1. The van der Waals surface area contributed by atoms with Crippen molar-refractivity contribution in [1.29, 1.82) is 0 Å². The number of nitrogens with zero attached hydrogens (tertiary/aromatic N) is 1. The van der Waals surface area contributed by atoms with E-state index in [1.165, 1.54) is 257 Å². The van der Waals surface area contributed by atoms with Gasteiger partial charge in [-0.25, -0.2) is 4.57 Å². The Morgan fingerprint density at radius 2 is 0.768 bits per heavy atom. The summed E-state index contributed by atoms with van der Waals surface area (Å²) in [5, 5.41) is 13.8. The zero-order chi connectivity index (χ0) is 50.6. The van der Waals surface area contributed by atoms with Crippen molar-refractivity contribution in [2.75, 3.05) is 40.9 Å². The van der Waals surface area contributed by atoms with E-state index in [9.17, 15) is 19.4 Å². The van der Waals surface area contributed by atoms with Gasteiger partial charge in [-0.15, -0.1) is 0 Å². The van der Waals surface area contributed by atoms with Crippen LogP contribution in [0.3, 0.4) is 0 Å². The van der Waals surface area contributed by atoms with E-state index in [1.54, 1.807) is 6.08 Å². The lowest BCUT2D eigenvalue weighted by Crippen LogP contribution is -2.45. The molecule has 0 aliphatic rings. The molecule has 3 atom stereocenters. The molecular weight excluding hydrogens is 876 g/mol. The maximum atomic E-state index is 12.9. The molecule has 0 radical (unpaired) electrons.